The summed E-state index contributed by atoms with van der Waals surface area (Å²) in [5.74, 6) is 1.35. The van der Waals surface area contributed by atoms with Gasteiger partial charge in [-0.25, -0.2) is 14.8 Å². The predicted octanol–water partition coefficient (Wildman–Crippen LogP) is 4.06. The van der Waals surface area contributed by atoms with E-state index in [-0.39, 0.29) is 17.8 Å². The van der Waals surface area contributed by atoms with Crippen LogP contribution in [-0.2, 0) is 9.53 Å². The first kappa shape index (κ1) is 22.1. The highest BCUT2D eigenvalue weighted by Crippen LogP contribution is 2.28. The van der Waals surface area contributed by atoms with Gasteiger partial charge in [0.15, 0.2) is 11.6 Å². The highest BCUT2D eigenvalue weighted by molar-refractivity contribution is 8.00. The summed E-state index contributed by atoms with van der Waals surface area (Å²) in [6.45, 7) is 7.43. The van der Waals surface area contributed by atoms with Crippen LogP contribution in [0.3, 0.4) is 0 Å². The normalized spacial score (nSPS) is 14.6. The predicted molar refractivity (Wildman–Crippen MR) is 122 cm³/mol. The van der Waals surface area contributed by atoms with Crippen molar-refractivity contribution in [3.8, 4) is 11.6 Å². The van der Waals surface area contributed by atoms with E-state index in [4.69, 9.17) is 9.15 Å². The molecule has 0 unspecified atom stereocenters. The van der Waals surface area contributed by atoms with Crippen LogP contribution in [0.5, 0.6) is 0 Å². The topological polar surface area (TPSA) is 88.8 Å². The second-order valence-electron chi connectivity index (χ2n) is 8.48. The molecule has 3 aromatic rings. The van der Waals surface area contributed by atoms with E-state index in [2.05, 4.69) is 9.97 Å². The Balaban J connectivity index is 1.40. The molecule has 0 atom stereocenters. The van der Waals surface area contributed by atoms with Gasteiger partial charge >= 0.3 is 6.09 Å². The molecule has 0 N–H and O–H groups in total. The molecule has 4 rings (SSSR count). The van der Waals surface area contributed by atoms with Crippen molar-refractivity contribution in [2.45, 2.75) is 31.4 Å². The molecule has 1 fully saturated rings. The van der Waals surface area contributed by atoms with E-state index in [1.54, 1.807) is 22.1 Å². The van der Waals surface area contributed by atoms with Crippen LogP contribution in [0.4, 0.5) is 4.79 Å². The van der Waals surface area contributed by atoms with Crippen molar-refractivity contribution >= 4 is 34.7 Å². The summed E-state index contributed by atoms with van der Waals surface area (Å²) in [4.78, 5) is 37.7. The maximum Gasteiger partial charge on any atom is 0.410 e. The molecule has 1 aliphatic heterocycles. The Hall–Kier alpha value is -3.07. The molecule has 1 saturated heterocycles. The van der Waals surface area contributed by atoms with Gasteiger partial charge in [0.1, 0.15) is 10.6 Å². The molecule has 32 heavy (non-hydrogen) atoms. The zero-order valence-corrected chi connectivity index (χ0v) is 19.2. The Bertz CT molecular complexity index is 1100. The Morgan fingerprint density at radius 1 is 1.03 bits per heavy atom. The molecule has 1 aromatic carbocycles. The lowest BCUT2D eigenvalue weighted by molar-refractivity contribution is -0.130. The molecule has 9 heteroatoms. The highest BCUT2D eigenvalue weighted by atomic mass is 32.2. The monoisotopic (exact) mass is 454 g/mol. The molecule has 2 amide bonds. The van der Waals surface area contributed by atoms with E-state index >= 15 is 0 Å². The van der Waals surface area contributed by atoms with Crippen molar-refractivity contribution in [1.29, 1.82) is 0 Å². The van der Waals surface area contributed by atoms with Crippen LogP contribution >= 0.6 is 11.8 Å². The van der Waals surface area contributed by atoms with Crippen LogP contribution < -0.4 is 0 Å². The third kappa shape index (κ3) is 5.21. The van der Waals surface area contributed by atoms with Crippen molar-refractivity contribution in [2.24, 2.45) is 0 Å². The molecule has 0 spiro atoms. The molecule has 0 bridgehead atoms. The number of rotatable bonds is 4. The van der Waals surface area contributed by atoms with Crippen LogP contribution in [0.15, 0.2) is 52.1 Å². The Labute approximate surface area is 190 Å². The number of para-hydroxylation sites is 1. The molecule has 168 valence electrons. The number of thioether (sulfide) groups is 1. The third-order valence-electron chi connectivity index (χ3n) is 4.93. The number of hydrogen-bond acceptors (Lipinski definition) is 7. The number of hydrogen-bond donors (Lipinski definition) is 0. The van der Waals surface area contributed by atoms with Gasteiger partial charge in [-0.2, -0.15) is 0 Å². The Kier molecular flexibility index (Phi) is 6.36. The van der Waals surface area contributed by atoms with Crippen LogP contribution in [0, 0.1) is 0 Å². The largest absolute Gasteiger partial charge is 0.461 e. The van der Waals surface area contributed by atoms with Crippen molar-refractivity contribution < 1.29 is 18.7 Å². The van der Waals surface area contributed by atoms with Crippen LogP contribution in [0.25, 0.3) is 22.5 Å². The number of aromatic nitrogens is 2. The Morgan fingerprint density at radius 2 is 1.75 bits per heavy atom. The van der Waals surface area contributed by atoms with Crippen LogP contribution in [0.1, 0.15) is 20.8 Å². The van der Waals surface area contributed by atoms with Gasteiger partial charge in [-0.1, -0.05) is 30.0 Å². The van der Waals surface area contributed by atoms with Gasteiger partial charge in [-0.3, -0.25) is 4.79 Å². The smallest absolute Gasteiger partial charge is 0.410 e. The zero-order valence-electron chi connectivity index (χ0n) is 18.4. The maximum atomic E-state index is 12.8. The molecule has 1 aliphatic rings. The van der Waals surface area contributed by atoms with E-state index in [0.717, 1.165) is 15.9 Å². The van der Waals surface area contributed by atoms with Gasteiger partial charge in [-0.05, 0) is 39.0 Å². The second-order valence-corrected chi connectivity index (χ2v) is 9.45. The summed E-state index contributed by atoms with van der Waals surface area (Å²) in [6, 6.07) is 11.3. The van der Waals surface area contributed by atoms with Crippen molar-refractivity contribution in [3.63, 3.8) is 0 Å². The number of fused-ring (bicyclic) bond motifs is 1. The van der Waals surface area contributed by atoms with Gasteiger partial charge < -0.3 is 19.0 Å². The van der Waals surface area contributed by atoms with Gasteiger partial charge in [0, 0.05) is 31.6 Å². The molecule has 3 heterocycles. The summed E-state index contributed by atoms with van der Waals surface area (Å²) in [7, 11) is 0. The minimum Gasteiger partial charge on any atom is -0.461 e. The van der Waals surface area contributed by atoms with Crippen molar-refractivity contribution in [3.05, 3.63) is 42.7 Å². The van der Waals surface area contributed by atoms with Crippen molar-refractivity contribution in [2.75, 3.05) is 31.9 Å². The zero-order chi connectivity index (χ0) is 22.7. The molecular weight excluding hydrogens is 428 g/mol. The quantitative estimate of drug-likeness (QED) is 0.434. The molecule has 0 saturated carbocycles. The summed E-state index contributed by atoms with van der Waals surface area (Å²) in [6.07, 6.45) is 1.25. The minimum absolute atomic E-state index is 0.0149. The summed E-state index contributed by atoms with van der Waals surface area (Å²) >= 11 is 1.39. The first-order valence-electron chi connectivity index (χ1n) is 10.5. The van der Waals surface area contributed by atoms with Crippen LogP contribution in [-0.4, -0.2) is 69.3 Å². The van der Waals surface area contributed by atoms with Gasteiger partial charge in [0.2, 0.25) is 5.91 Å². The number of amides is 2. The number of ether oxygens (including phenoxy) is 1. The number of carbonyl (C=O) groups is 2. The number of benzene rings is 1. The summed E-state index contributed by atoms with van der Waals surface area (Å²) in [5.41, 5.74) is 0.269. The fraction of sp³-hybridized carbons (Fsp3) is 0.391. The fourth-order valence-electron chi connectivity index (χ4n) is 3.36. The first-order chi connectivity index (χ1) is 15.3. The SMILES string of the molecule is CC(C)(C)OC(=O)N1CCN(C(=O)CSc2nc(-c3ccco3)nc3ccccc23)CC1. The van der Waals surface area contributed by atoms with Gasteiger partial charge in [0.05, 0.1) is 17.5 Å². The average molecular weight is 455 g/mol. The van der Waals surface area contributed by atoms with E-state index < -0.39 is 5.60 Å². The average Bonchev–Trinajstić information content (AvgIpc) is 3.31. The maximum absolute atomic E-state index is 12.8. The fourth-order valence-corrected chi connectivity index (χ4v) is 4.28. The van der Waals surface area contributed by atoms with E-state index in [1.165, 1.54) is 11.8 Å². The number of furan rings is 1. The van der Waals surface area contributed by atoms with E-state index in [9.17, 15) is 9.59 Å². The third-order valence-corrected chi connectivity index (χ3v) is 5.90. The lowest BCUT2D eigenvalue weighted by Gasteiger charge is -2.35. The molecular formula is C23H26N4O4S. The molecule has 8 nitrogen and oxygen atoms in total. The number of piperazine rings is 1. The van der Waals surface area contributed by atoms with E-state index in [1.807, 2.05) is 51.1 Å². The lowest BCUT2D eigenvalue weighted by atomic mass is 10.2. The standard InChI is InChI=1S/C23H26N4O4S/c1-23(2,3)31-22(29)27-12-10-26(11-13-27)19(28)15-32-21-16-7-4-5-8-17(16)24-20(25-21)18-9-6-14-30-18/h4-9,14H,10-13,15H2,1-3H3. The number of carbonyl (C=O) groups excluding carboxylic acids is 2. The Morgan fingerprint density at radius 3 is 2.44 bits per heavy atom. The van der Waals surface area contributed by atoms with E-state index in [0.29, 0.717) is 37.8 Å². The summed E-state index contributed by atoms with van der Waals surface area (Å²) < 4.78 is 10.9. The van der Waals surface area contributed by atoms with Crippen molar-refractivity contribution in [1.82, 2.24) is 19.8 Å². The molecule has 0 aliphatic carbocycles. The molecule has 2 aromatic heterocycles. The number of nitrogens with zero attached hydrogens (tertiary/aromatic N) is 4. The first-order valence-corrected chi connectivity index (χ1v) is 11.5. The second kappa shape index (κ2) is 9.20. The minimum atomic E-state index is -0.532. The van der Waals surface area contributed by atoms with Gasteiger partial charge in [-0.15, -0.1) is 0 Å². The summed E-state index contributed by atoms with van der Waals surface area (Å²) in [5, 5.41) is 1.64. The molecule has 0 radical (unpaired) electrons. The highest BCUT2D eigenvalue weighted by Gasteiger charge is 2.27. The van der Waals surface area contributed by atoms with Crippen LogP contribution in [0.2, 0.25) is 0 Å². The van der Waals surface area contributed by atoms with Gasteiger partial charge in [0.25, 0.3) is 0 Å². The lowest BCUT2D eigenvalue weighted by Crippen LogP contribution is -2.52.